The Morgan fingerprint density at radius 3 is 2.36 bits per heavy atom. The first kappa shape index (κ1) is 10.5. The smallest absolute Gasteiger partial charge is 0.103 e. The number of amidine groups is 1. The molecule has 0 unspecified atom stereocenters. The molecule has 1 aromatic rings. The van der Waals surface area contributed by atoms with E-state index in [1.165, 1.54) is 17.3 Å². The number of rotatable bonds is 2. The highest BCUT2D eigenvalue weighted by molar-refractivity contribution is 5.93. The molecule has 0 aliphatic carbocycles. The third-order valence-corrected chi connectivity index (χ3v) is 1.83. The molecule has 74 valence electrons. The minimum atomic E-state index is 0.852. The van der Waals surface area contributed by atoms with E-state index in [0.29, 0.717) is 0 Å². The maximum atomic E-state index is 4.05. The molecule has 0 radical (unpaired) electrons. The lowest BCUT2D eigenvalue weighted by atomic mass is 10.1. The number of anilines is 1. The summed E-state index contributed by atoms with van der Waals surface area (Å²) < 4.78 is 0. The lowest BCUT2D eigenvalue weighted by molar-refractivity contribution is 1.37. The van der Waals surface area contributed by atoms with Crippen molar-refractivity contribution in [3.8, 4) is 0 Å². The average Bonchev–Trinajstić information content (AvgIpc) is 2.01. The van der Waals surface area contributed by atoms with Gasteiger partial charge in [-0.3, -0.25) is 0 Å². The molecule has 0 fully saturated rings. The molecule has 14 heavy (non-hydrogen) atoms. The predicted molar refractivity (Wildman–Crippen MR) is 62.8 cm³/mol. The minimum absolute atomic E-state index is 0.852. The van der Waals surface area contributed by atoms with Crippen LogP contribution in [0.3, 0.4) is 0 Å². The van der Waals surface area contributed by atoms with E-state index in [9.17, 15) is 0 Å². The van der Waals surface area contributed by atoms with Gasteiger partial charge in [-0.15, -0.1) is 0 Å². The second-order valence-electron chi connectivity index (χ2n) is 3.40. The summed E-state index contributed by atoms with van der Waals surface area (Å²) in [4.78, 5) is 4.05. The van der Waals surface area contributed by atoms with Crippen LogP contribution in [0.1, 0.15) is 18.1 Å². The van der Waals surface area contributed by atoms with Crippen LogP contribution in [0.4, 0.5) is 5.69 Å². The topological polar surface area (TPSA) is 24.4 Å². The van der Waals surface area contributed by atoms with Gasteiger partial charge in [0, 0.05) is 11.9 Å². The van der Waals surface area contributed by atoms with E-state index in [0.717, 1.165) is 11.5 Å². The fourth-order valence-corrected chi connectivity index (χ4v) is 1.42. The number of benzene rings is 1. The molecule has 0 aliphatic heterocycles. The normalized spacial score (nSPS) is 11.2. The van der Waals surface area contributed by atoms with E-state index in [2.05, 4.69) is 48.9 Å². The number of nitrogens with zero attached hydrogens (tertiary/aromatic N) is 1. The second-order valence-corrected chi connectivity index (χ2v) is 3.40. The van der Waals surface area contributed by atoms with Crippen LogP contribution in [0.15, 0.2) is 36.0 Å². The summed E-state index contributed by atoms with van der Waals surface area (Å²) >= 11 is 0. The highest BCUT2D eigenvalue weighted by Gasteiger charge is 1.95. The molecule has 0 amide bonds. The van der Waals surface area contributed by atoms with Crippen molar-refractivity contribution in [2.24, 2.45) is 4.99 Å². The fraction of sp³-hybridized carbons (Fsp3) is 0.250. The first-order valence-electron chi connectivity index (χ1n) is 4.62. The summed E-state index contributed by atoms with van der Waals surface area (Å²) in [6.45, 7) is 9.63. The number of hydrogen-bond acceptors (Lipinski definition) is 1. The van der Waals surface area contributed by atoms with E-state index < -0.39 is 0 Å². The van der Waals surface area contributed by atoms with Crippen molar-refractivity contribution in [3.05, 3.63) is 42.1 Å². The standard InChI is InChI=1S/C12H16N2/c1-5-13-11(4)14-12-7-9(2)6-10(3)8-12/h5-8H,1H2,2-4H3,(H,13,14). The van der Waals surface area contributed by atoms with Crippen molar-refractivity contribution in [3.63, 3.8) is 0 Å². The average molecular weight is 188 g/mol. The number of aliphatic imine (C=N–C) groups is 1. The van der Waals surface area contributed by atoms with Crippen molar-refractivity contribution in [1.82, 2.24) is 0 Å². The fourth-order valence-electron chi connectivity index (χ4n) is 1.42. The van der Waals surface area contributed by atoms with Crippen LogP contribution >= 0.6 is 0 Å². The Balaban J connectivity index is 2.86. The molecular weight excluding hydrogens is 172 g/mol. The van der Waals surface area contributed by atoms with Gasteiger partial charge in [0.2, 0.25) is 0 Å². The molecule has 1 rings (SSSR count). The Hall–Kier alpha value is -1.57. The molecule has 0 atom stereocenters. The molecule has 0 heterocycles. The largest absolute Gasteiger partial charge is 0.344 e. The Morgan fingerprint density at radius 1 is 1.29 bits per heavy atom. The first-order chi connectivity index (χ1) is 6.61. The van der Waals surface area contributed by atoms with Crippen molar-refractivity contribution >= 4 is 11.5 Å². The summed E-state index contributed by atoms with van der Waals surface area (Å²) in [5.41, 5.74) is 3.57. The van der Waals surface area contributed by atoms with Gasteiger partial charge in [-0.1, -0.05) is 12.6 Å². The number of aryl methyl sites for hydroxylation is 2. The summed E-state index contributed by atoms with van der Waals surface area (Å²) in [5.74, 6) is 0.852. The zero-order valence-corrected chi connectivity index (χ0v) is 8.96. The van der Waals surface area contributed by atoms with Crippen molar-refractivity contribution < 1.29 is 0 Å². The van der Waals surface area contributed by atoms with Gasteiger partial charge in [0.1, 0.15) is 5.84 Å². The highest BCUT2D eigenvalue weighted by atomic mass is 15.0. The molecule has 0 spiro atoms. The zero-order valence-electron chi connectivity index (χ0n) is 8.96. The summed E-state index contributed by atoms with van der Waals surface area (Å²) in [5, 5.41) is 3.20. The van der Waals surface area contributed by atoms with E-state index in [-0.39, 0.29) is 0 Å². The lowest BCUT2D eigenvalue weighted by Crippen LogP contribution is -2.06. The molecule has 2 nitrogen and oxygen atoms in total. The van der Waals surface area contributed by atoms with Crippen LogP contribution in [0, 0.1) is 13.8 Å². The Morgan fingerprint density at radius 2 is 1.86 bits per heavy atom. The van der Waals surface area contributed by atoms with E-state index in [4.69, 9.17) is 0 Å². The number of hydrogen-bond donors (Lipinski definition) is 1. The molecular formula is C12H16N2. The maximum Gasteiger partial charge on any atom is 0.103 e. The van der Waals surface area contributed by atoms with Gasteiger partial charge in [-0.25, -0.2) is 4.99 Å². The third kappa shape index (κ3) is 3.05. The molecule has 0 saturated heterocycles. The van der Waals surface area contributed by atoms with Crippen molar-refractivity contribution in [2.75, 3.05) is 5.32 Å². The maximum absolute atomic E-state index is 4.05. The van der Waals surface area contributed by atoms with Gasteiger partial charge < -0.3 is 5.32 Å². The molecule has 0 aliphatic rings. The van der Waals surface area contributed by atoms with Gasteiger partial charge in [0.15, 0.2) is 0 Å². The van der Waals surface area contributed by atoms with Gasteiger partial charge in [0.25, 0.3) is 0 Å². The second kappa shape index (κ2) is 4.61. The first-order valence-corrected chi connectivity index (χ1v) is 4.62. The van der Waals surface area contributed by atoms with Crippen LogP contribution in [0.25, 0.3) is 0 Å². The Kier molecular flexibility index (Phi) is 3.46. The molecule has 1 N–H and O–H groups in total. The van der Waals surface area contributed by atoms with Crippen molar-refractivity contribution in [1.29, 1.82) is 0 Å². The SMILES string of the molecule is C=CN=C(C)Nc1cc(C)cc(C)c1. The van der Waals surface area contributed by atoms with E-state index in [1.807, 2.05) is 6.92 Å². The van der Waals surface area contributed by atoms with Crippen LogP contribution in [0.5, 0.6) is 0 Å². The summed E-state index contributed by atoms with van der Waals surface area (Å²) in [7, 11) is 0. The van der Waals surface area contributed by atoms with Crippen molar-refractivity contribution in [2.45, 2.75) is 20.8 Å². The predicted octanol–water partition coefficient (Wildman–Crippen LogP) is 3.28. The monoisotopic (exact) mass is 188 g/mol. The van der Waals surface area contributed by atoms with Gasteiger partial charge in [0.05, 0.1) is 0 Å². The Bertz CT molecular complexity index is 344. The summed E-state index contributed by atoms with van der Waals surface area (Å²) in [6.07, 6.45) is 1.53. The molecule has 0 aromatic heterocycles. The molecule has 1 aromatic carbocycles. The molecule has 2 heteroatoms. The van der Waals surface area contributed by atoms with Crippen LogP contribution in [-0.2, 0) is 0 Å². The zero-order chi connectivity index (χ0) is 10.6. The third-order valence-electron chi connectivity index (χ3n) is 1.83. The van der Waals surface area contributed by atoms with Gasteiger partial charge in [-0.2, -0.15) is 0 Å². The van der Waals surface area contributed by atoms with E-state index >= 15 is 0 Å². The number of nitrogens with one attached hydrogen (secondary N) is 1. The van der Waals surface area contributed by atoms with Gasteiger partial charge in [-0.05, 0) is 44.0 Å². The quantitative estimate of drug-likeness (QED) is 0.559. The molecule has 0 bridgehead atoms. The van der Waals surface area contributed by atoms with E-state index in [1.54, 1.807) is 0 Å². The van der Waals surface area contributed by atoms with Gasteiger partial charge >= 0.3 is 0 Å². The molecule has 0 saturated carbocycles. The van der Waals surface area contributed by atoms with Crippen LogP contribution in [0.2, 0.25) is 0 Å². The summed E-state index contributed by atoms with van der Waals surface area (Å²) in [6, 6.07) is 6.33. The Labute approximate surface area is 85.4 Å². The minimum Gasteiger partial charge on any atom is -0.344 e. The van der Waals surface area contributed by atoms with Crippen LogP contribution < -0.4 is 5.32 Å². The highest BCUT2D eigenvalue weighted by Crippen LogP contribution is 2.13. The van der Waals surface area contributed by atoms with Crippen LogP contribution in [-0.4, -0.2) is 5.84 Å². The lowest BCUT2D eigenvalue weighted by Gasteiger charge is -2.07.